The molecule has 0 saturated carbocycles. The molecule has 1 fully saturated rings. The van der Waals surface area contributed by atoms with Crippen LogP contribution in [0.5, 0.6) is 0 Å². The first-order valence-electron chi connectivity index (χ1n) is 11.5. The van der Waals surface area contributed by atoms with Crippen molar-refractivity contribution in [3.05, 3.63) is 66.2 Å². The molecule has 3 aromatic heterocycles. The molecule has 0 atom stereocenters. The smallest absolute Gasteiger partial charge is 0.314 e. The molecule has 0 aliphatic carbocycles. The van der Waals surface area contributed by atoms with Crippen LogP contribution in [0.4, 0.5) is 13.9 Å². The van der Waals surface area contributed by atoms with Gasteiger partial charge in [0.05, 0.1) is 24.6 Å². The van der Waals surface area contributed by atoms with Gasteiger partial charge in [-0.15, -0.1) is 20.4 Å². The van der Waals surface area contributed by atoms with Crippen molar-refractivity contribution in [2.24, 2.45) is 0 Å². The van der Waals surface area contributed by atoms with E-state index >= 15 is 0 Å². The molecule has 13 heteroatoms. The van der Waals surface area contributed by atoms with Crippen molar-refractivity contribution in [2.45, 2.75) is 13.0 Å². The summed E-state index contributed by atoms with van der Waals surface area (Å²) in [5.74, 6) is -0.141. The van der Waals surface area contributed by atoms with Gasteiger partial charge in [0.2, 0.25) is 11.7 Å². The summed E-state index contributed by atoms with van der Waals surface area (Å²) in [7, 11) is 0. The summed E-state index contributed by atoms with van der Waals surface area (Å²) in [5.41, 5.74) is 3.34. The van der Waals surface area contributed by atoms with Crippen molar-refractivity contribution in [1.29, 1.82) is 0 Å². The van der Waals surface area contributed by atoms with Crippen LogP contribution in [0.15, 0.2) is 59.1 Å². The molecule has 0 radical (unpaired) electrons. The van der Waals surface area contributed by atoms with Crippen molar-refractivity contribution in [3.63, 3.8) is 0 Å². The number of rotatable bonds is 7. The van der Waals surface area contributed by atoms with E-state index in [9.17, 15) is 8.78 Å². The predicted octanol–water partition coefficient (Wildman–Crippen LogP) is 4.34. The van der Waals surface area contributed by atoms with E-state index in [0.29, 0.717) is 17.9 Å². The fourth-order valence-electron chi connectivity index (χ4n) is 3.89. The lowest BCUT2D eigenvalue weighted by molar-refractivity contribution is 0.116. The summed E-state index contributed by atoms with van der Waals surface area (Å²) in [6, 6.07) is 15.1. The summed E-state index contributed by atoms with van der Waals surface area (Å²) >= 11 is 1.65. The normalized spacial score (nSPS) is 14.0. The SMILES string of the molecule is FC(F)c1nnc(-c2ccc(Cn3nnc(-c4cccc(-c5cnc(N6CCOCC6)s5)c4)n3)cc2)o1. The van der Waals surface area contributed by atoms with Gasteiger partial charge in [-0.3, -0.25) is 0 Å². The van der Waals surface area contributed by atoms with Crippen LogP contribution in [0.2, 0.25) is 0 Å². The van der Waals surface area contributed by atoms with Crippen molar-refractivity contribution in [2.75, 3.05) is 31.2 Å². The molecule has 1 saturated heterocycles. The maximum atomic E-state index is 12.7. The molecule has 1 aliphatic heterocycles. The molecule has 0 unspecified atom stereocenters. The van der Waals surface area contributed by atoms with E-state index < -0.39 is 12.3 Å². The number of nitrogens with zero attached hydrogens (tertiary/aromatic N) is 8. The second kappa shape index (κ2) is 10.1. The van der Waals surface area contributed by atoms with Crippen LogP contribution < -0.4 is 4.90 Å². The molecule has 5 aromatic rings. The Hall–Kier alpha value is -4.10. The van der Waals surface area contributed by atoms with Crippen LogP contribution in [0.1, 0.15) is 17.9 Å². The summed E-state index contributed by atoms with van der Waals surface area (Å²) in [4.78, 5) is 9.41. The number of anilines is 1. The zero-order chi connectivity index (χ0) is 25.2. The van der Waals surface area contributed by atoms with E-state index in [0.717, 1.165) is 53.0 Å². The van der Waals surface area contributed by atoms with E-state index in [1.807, 2.05) is 42.6 Å². The van der Waals surface area contributed by atoms with Gasteiger partial charge in [-0.1, -0.05) is 41.7 Å². The molecule has 0 amide bonds. The van der Waals surface area contributed by atoms with E-state index in [4.69, 9.17) is 9.15 Å². The van der Waals surface area contributed by atoms with Gasteiger partial charge in [-0.2, -0.15) is 13.6 Å². The van der Waals surface area contributed by atoms with E-state index in [2.05, 4.69) is 35.5 Å². The van der Waals surface area contributed by atoms with Crippen molar-refractivity contribution < 1.29 is 17.9 Å². The van der Waals surface area contributed by atoms with Crippen molar-refractivity contribution >= 4 is 16.5 Å². The lowest BCUT2D eigenvalue weighted by Crippen LogP contribution is -2.36. The average Bonchev–Trinajstić information content (AvgIpc) is 3.71. The second-order valence-electron chi connectivity index (χ2n) is 8.27. The van der Waals surface area contributed by atoms with Gasteiger partial charge < -0.3 is 14.1 Å². The van der Waals surface area contributed by atoms with E-state index in [1.165, 1.54) is 4.80 Å². The van der Waals surface area contributed by atoms with Crippen LogP contribution >= 0.6 is 11.3 Å². The van der Waals surface area contributed by atoms with Gasteiger partial charge >= 0.3 is 6.43 Å². The molecule has 188 valence electrons. The standard InChI is InChI=1S/C24H20F2N8O2S/c25-20(26)23-30-29-22(36-23)16-6-4-15(5-7-16)14-34-31-21(28-32-34)18-3-1-2-17(12-18)19-13-27-24(37-19)33-8-10-35-11-9-33/h1-7,12-13,20H,8-11,14H2. The van der Waals surface area contributed by atoms with Gasteiger partial charge in [0, 0.05) is 30.4 Å². The number of alkyl halides is 2. The molecule has 0 spiro atoms. The highest BCUT2D eigenvalue weighted by Gasteiger charge is 2.18. The molecule has 0 N–H and O–H groups in total. The Morgan fingerprint density at radius 3 is 2.54 bits per heavy atom. The average molecular weight is 523 g/mol. The first-order chi connectivity index (χ1) is 18.1. The topological polar surface area (TPSA) is 108 Å². The second-order valence-corrected chi connectivity index (χ2v) is 9.28. The molecule has 0 bridgehead atoms. The quantitative estimate of drug-likeness (QED) is 0.308. The Labute approximate surface area is 213 Å². The highest BCUT2D eigenvalue weighted by atomic mass is 32.1. The molecule has 10 nitrogen and oxygen atoms in total. The van der Waals surface area contributed by atoms with Gasteiger partial charge in [-0.25, -0.2) is 4.98 Å². The maximum absolute atomic E-state index is 12.7. The maximum Gasteiger partial charge on any atom is 0.314 e. The number of benzene rings is 2. The van der Waals surface area contributed by atoms with E-state index in [1.54, 1.807) is 23.5 Å². The number of hydrogen-bond acceptors (Lipinski definition) is 10. The zero-order valence-electron chi connectivity index (χ0n) is 19.4. The Morgan fingerprint density at radius 2 is 1.76 bits per heavy atom. The predicted molar refractivity (Wildman–Crippen MR) is 131 cm³/mol. The Morgan fingerprint density at radius 1 is 0.946 bits per heavy atom. The van der Waals surface area contributed by atoms with Crippen molar-refractivity contribution in [3.8, 4) is 33.3 Å². The lowest BCUT2D eigenvalue weighted by Gasteiger charge is -2.25. The van der Waals surface area contributed by atoms with Gasteiger partial charge in [0.25, 0.3) is 5.89 Å². The summed E-state index contributed by atoms with van der Waals surface area (Å²) in [6.45, 7) is 3.52. The van der Waals surface area contributed by atoms with Gasteiger partial charge in [-0.05, 0) is 34.5 Å². The molecule has 1 aliphatic rings. The number of morpholine rings is 1. The fourth-order valence-corrected chi connectivity index (χ4v) is 4.86. The summed E-state index contributed by atoms with van der Waals surface area (Å²) < 4.78 is 35.8. The highest BCUT2D eigenvalue weighted by Crippen LogP contribution is 2.33. The number of halogens is 2. The zero-order valence-corrected chi connectivity index (χ0v) is 20.2. The first-order valence-corrected chi connectivity index (χ1v) is 12.3. The number of ether oxygens (including phenoxy) is 1. The van der Waals surface area contributed by atoms with Crippen LogP contribution in [-0.2, 0) is 11.3 Å². The van der Waals surface area contributed by atoms with E-state index in [-0.39, 0.29) is 5.89 Å². The molecular weight excluding hydrogens is 502 g/mol. The number of hydrogen-bond donors (Lipinski definition) is 0. The largest absolute Gasteiger partial charge is 0.415 e. The molecule has 2 aromatic carbocycles. The van der Waals surface area contributed by atoms with Crippen LogP contribution in [-0.4, -0.2) is 61.7 Å². The molecular formula is C24H20F2N8O2S. The lowest BCUT2D eigenvalue weighted by atomic mass is 10.1. The van der Waals surface area contributed by atoms with Crippen LogP contribution in [0, 0.1) is 0 Å². The third kappa shape index (κ3) is 5.08. The first kappa shape index (κ1) is 23.3. The molecule has 37 heavy (non-hydrogen) atoms. The van der Waals surface area contributed by atoms with Gasteiger partial charge in [0.1, 0.15) is 0 Å². The summed E-state index contributed by atoms with van der Waals surface area (Å²) in [5, 5.41) is 20.9. The third-order valence-corrected chi connectivity index (χ3v) is 6.89. The minimum atomic E-state index is -2.80. The Balaban J connectivity index is 1.15. The third-order valence-electron chi connectivity index (χ3n) is 5.79. The van der Waals surface area contributed by atoms with Crippen molar-refractivity contribution in [1.82, 2.24) is 35.4 Å². The highest BCUT2D eigenvalue weighted by molar-refractivity contribution is 7.18. The number of thiazole rings is 1. The molecule has 6 rings (SSSR count). The minimum Gasteiger partial charge on any atom is -0.415 e. The van der Waals surface area contributed by atoms with Crippen LogP contribution in [0.3, 0.4) is 0 Å². The minimum absolute atomic E-state index is 0.0425. The fraction of sp³-hybridized carbons (Fsp3) is 0.250. The number of aromatic nitrogens is 7. The van der Waals surface area contributed by atoms with Gasteiger partial charge in [0.15, 0.2) is 5.13 Å². The Bertz CT molecular complexity index is 1490. The summed E-state index contributed by atoms with van der Waals surface area (Å²) in [6.07, 6.45) is -0.908. The number of tetrazole rings is 1. The Kier molecular flexibility index (Phi) is 6.37. The monoisotopic (exact) mass is 522 g/mol. The van der Waals surface area contributed by atoms with Crippen LogP contribution in [0.25, 0.3) is 33.3 Å². The molecule has 4 heterocycles.